The van der Waals surface area contributed by atoms with E-state index in [0.29, 0.717) is 5.69 Å². The summed E-state index contributed by atoms with van der Waals surface area (Å²) in [6.45, 7) is -1.53. The van der Waals surface area contributed by atoms with Gasteiger partial charge in [-0.05, 0) is 36.3 Å². The largest absolute Gasteiger partial charge is 0.414 e. The second-order valence-electron chi connectivity index (χ2n) is 4.10. The number of ether oxygens (including phenoxy) is 1. The molecule has 0 aliphatic rings. The average molecular weight is 323 g/mol. The number of nitrogens with zero attached hydrogens (tertiary/aromatic N) is 3. The van der Waals surface area contributed by atoms with E-state index in [9.17, 15) is 13.2 Å². The maximum atomic E-state index is 13.5. The Balaban J connectivity index is 2.63. The molecule has 1 aromatic carbocycles. The normalized spacial score (nSPS) is 10.0. The van der Waals surface area contributed by atoms with E-state index >= 15 is 0 Å². The molecule has 0 aliphatic heterocycles. The van der Waals surface area contributed by atoms with Crippen LogP contribution in [0.25, 0.3) is 5.69 Å². The van der Waals surface area contributed by atoms with Crippen LogP contribution in [0.5, 0.6) is 5.88 Å². The highest BCUT2D eigenvalue weighted by molar-refractivity contribution is 7.85. The lowest BCUT2D eigenvalue weighted by Gasteiger charge is -2.04. The third-order valence-corrected chi connectivity index (χ3v) is 2.83. The van der Waals surface area contributed by atoms with E-state index in [1.165, 1.54) is 10.7 Å². The number of hydrogen-bond donors (Lipinski definition) is 1. The van der Waals surface area contributed by atoms with Gasteiger partial charge in [-0.15, -0.1) is 5.10 Å². The molecule has 2 aromatic rings. The van der Waals surface area contributed by atoms with Crippen LogP contribution in [-0.4, -0.2) is 16.4 Å². The van der Waals surface area contributed by atoms with Crippen molar-refractivity contribution in [1.82, 2.24) is 9.78 Å². The lowest BCUT2D eigenvalue weighted by atomic mass is 10.2. The summed E-state index contributed by atoms with van der Waals surface area (Å²) in [5, 5.41) is 15.0. The minimum atomic E-state index is -3.08. The molecule has 0 fully saturated rings. The Hall–Kier alpha value is -2.58. The number of thiol groups is 1. The average Bonchev–Trinajstić information content (AvgIpc) is 2.75. The molecular formula is C14H8F3N3OS. The molecule has 0 atom stereocenters. The molecule has 0 amide bonds. The van der Waals surface area contributed by atoms with Crippen molar-refractivity contribution in [2.24, 2.45) is 0 Å². The SMILES string of the molecule is Cc1c(C#CS)c(OC(F)F)nn1-c1cc(F)cc(C#N)c1. The van der Waals surface area contributed by atoms with Crippen LogP contribution in [0, 0.1) is 35.2 Å². The number of halogens is 3. The van der Waals surface area contributed by atoms with Crippen molar-refractivity contribution < 1.29 is 17.9 Å². The first-order valence-corrected chi connectivity index (χ1v) is 6.31. The Morgan fingerprint density at radius 2 is 2.09 bits per heavy atom. The molecule has 1 aromatic heterocycles. The van der Waals surface area contributed by atoms with Crippen molar-refractivity contribution in [3.05, 3.63) is 40.8 Å². The van der Waals surface area contributed by atoms with Crippen LogP contribution in [0.15, 0.2) is 18.2 Å². The lowest BCUT2D eigenvalue weighted by Crippen LogP contribution is -2.04. The molecular weight excluding hydrogens is 315 g/mol. The van der Waals surface area contributed by atoms with Gasteiger partial charge in [0.1, 0.15) is 11.4 Å². The zero-order chi connectivity index (χ0) is 16.3. The summed E-state index contributed by atoms with van der Waals surface area (Å²) in [5.41, 5.74) is 0.730. The first-order chi connectivity index (χ1) is 10.5. The van der Waals surface area contributed by atoms with Gasteiger partial charge in [0.25, 0.3) is 5.88 Å². The molecule has 8 heteroatoms. The van der Waals surface area contributed by atoms with Gasteiger partial charge < -0.3 is 4.74 Å². The van der Waals surface area contributed by atoms with Crippen LogP contribution < -0.4 is 4.74 Å². The molecule has 0 bridgehead atoms. The summed E-state index contributed by atoms with van der Waals surface area (Å²) < 4.78 is 43.8. The molecule has 112 valence electrons. The maximum Gasteiger partial charge on any atom is 0.388 e. The van der Waals surface area contributed by atoms with Gasteiger partial charge in [0, 0.05) is 0 Å². The van der Waals surface area contributed by atoms with E-state index in [1.807, 2.05) is 0 Å². The Morgan fingerprint density at radius 3 is 2.68 bits per heavy atom. The van der Waals surface area contributed by atoms with Gasteiger partial charge in [0.05, 0.1) is 23.0 Å². The molecule has 0 saturated heterocycles. The molecule has 0 N–H and O–H groups in total. The molecule has 0 aliphatic carbocycles. The van der Waals surface area contributed by atoms with Gasteiger partial charge in [0.15, 0.2) is 0 Å². The van der Waals surface area contributed by atoms with Crippen molar-refractivity contribution in [3.8, 4) is 28.8 Å². The number of alkyl halides is 2. The minimum absolute atomic E-state index is 0.0723. The van der Waals surface area contributed by atoms with Gasteiger partial charge in [0.2, 0.25) is 0 Å². The summed E-state index contributed by atoms with van der Waals surface area (Å²) in [7, 11) is 0. The first kappa shape index (κ1) is 15.8. The van der Waals surface area contributed by atoms with E-state index in [2.05, 4.69) is 33.6 Å². The zero-order valence-electron chi connectivity index (χ0n) is 11.1. The van der Waals surface area contributed by atoms with Crippen molar-refractivity contribution in [2.75, 3.05) is 0 Å². The van der Waals surface area contributed by atoms with Crippen LogP contribution in [-0.2, 0) is 0 Å². The third-order valence-electron chi connectivity index (χ3n) is 2.72. The highest BCUT2D eigenvalue weighted by Crippen LogP contribution is 2.25. The quantitative estimate of drug-likeness (QED) is 0.698. The number of benzene rings is 1. The van der Waals surface area contributed by atoms with Crippen molar-refractivity contribution in [1.29, 1.82) is 5.26 Å². The zero-order valence-corrected chi connectivity index (χ0v) is 12.0. The van der Waals surface area contributed by atoms with Crippen LogP contribution in [0.3, 0.4) is 0 Å². The number of hydrogen-bond acceptors (Lipinski definition) is 4. The Kier molecular flexibility index (Phi) is 4.64. The van der Waals surface area contributed by atoms with Crippen molar-refractivity contribution >= 4 is 12.6 Å². The third kappa shape index (κ3) is 3.18. The van der Waals surface area contributed by atoms with Crippen molar-refractivity contribution in [3.63, 3.8) is 0 Å². The van der Waals surface area contributed by atoms with Gasteiger partial charge in [-0.1, -0.05) is 12.6 Å². The maximum absolute atomic E-state index is 13.5. The van der Waals surface area contributed by atoms with E-state index < -0.39 is 18.3 Å². The van der Waals surface area contributed by atoms with E-state index in [-0.39, 0.29) is 16.8 Å². The fourth-order valence-electron chi connectivity index (χ4n) is 1.86. The van der Waals surface area contributed by atoms with Crippen molar-refractivity contribution in [2.45, 2.75) is 13.5 Å². The van der Waals surface area contributed by atoms with Crippen LogP contribution in [0.2, 0.25) is 0 Å². The fourth-order valence-corrected chi connectivity index (χ4v) is 1.97. The summed E-state index contributed by atoms with van der Waals surface area (Å²) in [6.07, 6.45) is 0. The smallest absolute Gasteiger partial charge is 0.388 e. The Bertz CT molecular complexity index is 815. The van der Waals surface area contributed by atoms with Crippen LogP contribution in [0.4, 0.5) is 13.2 Å². The molecule has 0 saturated carbocycles. The lowest BCUT2D eigenvalue weighted by molar-refractivity contribution is -0.0532. The van der Waals surface area contributed by atoms with Gasteiger partial charge in [-0.2, -0.15) is 14.0 Å². The first-order valence-electron chi connectivity index (χ1n) is 5.87. The predicted molar refractivity (Wildman–Crippen MR) is 75.5 cm³/mol. The van der Waals surface area contributed by atoms with Crippen LogP contribution in [0.1, 0.15) is 16.8 Å². The topological polar surface area (TPSA) is 50.8 Å². The summed E-state index contributed by atoms with van der Waals surface area (Å²) in [6, 6.07) is 5.34. The second-order valence-corrected chi connectivity index (χ2v) is 4.33. The fraction of sp³-hybridized carbons (Fsp3) is 0.143. The highest BCUT2D eigenvalue weighted by Gasteiger charge is 2.19. The summed E-state index contributed by atoms with van der Waals surface area (Å²) in [4.78, 5) is 0. The van der Waals surface area contributed by atoms with E-state index in [1.54, 1.807) is 13.0 Å². The number of aromatic nitrogens is 2. The minimum Gasteiger partial charge on any atom is -0.414 e. The predicted octanol–water partition coefficient (Wildman–Crippen LogP) is 3.03. The van der Waals surface area contributed by atoms with Crippen LogP contribution >= 0.6 is 12.6 Å². The van der Waals surface area contributed by atoms with Gasteiger partial charge in [-0.3, -0.25) is 0 Å². The monoisotopic (exact) mass is 323 g/mol. The second kappa shape index (κ2) is 6.46. The standard InChI is InChI=1S/C14H8F3N3OS/c1-8-12(2-3-22)13(21-14(16)17)19-20(8)11-5-9(7-18)4-10(15)6-11/h4-6,14,22H,1H3. The van der Waals surface area contributed by atoms with E-state index in [0.717, 1.165) is 12.1 Å². The summed E-state index contributed by atoms with van der Waals surface area (Å²) in [5.74, 6) is 1.45. The number of rotatable bonds is 3. The molecule has 22 heavy (non-hydrogen) atoms. The number of nitriles is 1. The molecule has 1 heterocycles. The Labute approximate surface area is 129 Å². The molecule has 4 nitrogen and oxygen atoms in total. The molecule has 2 rings (SSSR count). The Morgan fingerprint density at radius 1 is 1.36 bits per heavy atom. The van der Waals surface area contributed by atoms with E-state index in [4.69, 9.17) is 5.26 Å². The molecule has 0 spiro atoms. The molecule has 0 radical (unpaired) electrons. The van der Waals surface area contributed by atoms with Gasteiger partial charge in [-0.25, -0.2) is 9.07 Å². The summed E-state index contributed by atoms with van der Waals surface area (Å²) >= 11 is 3.72. The van der Waals surface area contributed by atoms with Gasteiger partial charge >= 0.3 is 6.61 Å². The molecule has 0 unspecified atom stereocenters. The highest BCUT2D eigenvalue weighted by atomic mass is 32.1.